The van der Waals surface area contributed by atoms with E-state index in [0.717, 1.165) is 5.56 Å². The SMILES string of the molecule is C#CC.CN.Cc1ccc(-c2nc(C(CNC(=O)c3cnc4ncccc4c3)C(F)(F)F)cc3c2OCC3C)cc1. The Hall–Kier alpha value is -4.49. The minimum Gasteiger partial charge on any atom is -0.490 e. The molecule has 0 aliphatic carbocycles. The number of aromatic nitrogens is 3. The second kappa shape index (κ2) is 13.7. The van der Waals surface area contributed by atoms with E-state index in [0.29, 0.717) is 40.2 Å². The first-order valence-electron chi connectivity index (χ1n) is 12.9. The van der Waals surface area contributed by atoms with Gasteiger partial charge >= 0.3 is 6.18 Å². The fourth-order valence-corrected chi connectivity index (χ4v) is 4.25. The first-order chi connectivity index (χ1) is 19.6. The highest BCUT2D eigenvalue weighted by atomic mass is 19.4. The van der Waals surface area contributed by atoms with Crippen LogP contribution in [0.15, 0.2) is 60.9 Å². The van der Waals surface area contributed by atoms with E-state index in [1.807, 2.05) is 38.1 Å². The van der Waals surface area contributed by atoms with Gasteiger partial charge in [0.25, 0.3) is 5.91 Å². The zero-order valence-corrected chi connectivity index (χ0v) is 23.3. The molecular formula is C31H32F3N5O2. The van der Waals surface area contributed by atoms with Crippen LogP contribution in [0.4, 0.5) is 13.2 Å². The van der Waals surface area contributed by atoms with Crippen LogP contribution < -0.4 is 15.8 Å². The van der Waals surface area contributed by atoms with Crippen molar-refractivity contribution in [3.63, 3.8) is 0 Å². The summed E-state index contributed by atoms with van der Waals surface area (Å²) in [5.41, 5.74) is 7.70. The summed E-state index contributed by atoms with van der Waals surface area (Å²) < 4.78 is 48.6. The summed E-state index contributed by atoms with van der Waals surface area (Å²) >= 11 is 0. The number of nitrogens with two attached hydrogens (primary N) is 1. The quantitative estimate of drug-likeness (QED) is 0.298. The molecular weight excluding hydrogens is 531 g/mol. The first kappa shape index (κ1) is 31.0. The lowest BCUT2D eigenvalue weighted by Gasteiger charge is -2.22. The number of carbonyl (C=O) groups excluding carboxylic acids is 1. The molecule has 1 amide bonds. The summed E-state index contributed by atoms with van der Waals surface area (Å²) in [6.45, 7) is 5.19. The van der Waals surface area contributed by atoms with Gasteiger partial charge in [-0.05, 0) is 45.2 Å². The number of nitrogens with zero attached hydrogens (tertiary/aromatic N) is 3. The summed E-state index contributed by atoms with van der Waals surface area (Å²) in [6.07, 6.45) is 2.84. The van der Waals surface area contributed by atoms with Gasteiger partial charge < -0.3 is 15.8 Å². The number of nitrogens with one attached hydrogen (secondary N) is 1. The molecule has 10 heteroatoms. The number of hydrogen-bond donors (Lipinski definition) is 2. The van der Waals surface area contributed by atoms with E-state index in [2.05, 4.69) is 38.3 Å². The average molecular weight is 564 g/mol. The van der Waals surface area contributed by atoms with Crippen molar-refractivity contribution in [2.75, 3.05) is 20.2 Å². The summed E-state index contributed by atoms with van der Waals surface area (Å²) in [5, 5.41) is 3.04. The smallest absolute Gasteiger partial charge is 0.398 e. The van der Waals surface area contributed by atoms with E-state index in [9.17, 15) is 18.0 Å². The monoisotopic (exact) mass is 563 g/mol. The Bertz CT molecular complexity index is 1530. The van der Waals surface area contributed by atoms with E-state index >= 15 is 0 Å². The number of carbonyl (C=O) groups is 1. The molecule has 4 heterocycles. The van der Waals surface area contributed by atoms with Crippen LogP contribution in [-0.4, -0.2) is 47.2 Å². The standard InChI is InChI=1S/C27H23F3N4O2.C3H4.CH5N/c1-15-5-7-17(8-6-15)23-24-20(16(2)14-36-24)11-22(34-23)21(27(28,29)30)13-33-26(35)19-10-18-4-3-9-31-25(18)32-12-19;1-3-2;1-2/h3-12,16,21H,13-14H2,1-2H3,(H,33,35);1H,2H3;2H2,1H3. The number of alkyl halides is 3. The largest absolute Gasteiger partial charge is 0.490 e. The number of ether oxygens (including phenoxy) is 1. The first-order valence-corrected chi connectivity index (χ1v) is 12.9. The Balaban J connectivity index is 0.000000868. The van der Waals surface area contributed by atoms with Gasteiger partial charge in [-0.2, -0.15) is 13.2 Å². The highest BCUT2D eigenvalue weighted by molar-refractivity contribution is 5.96. The van der Waals surface area contributed by atoms with E-state index in [4.69, 9.17) is 4.74 Å². The molecule has 5 rings (SSSR count). The predicted molar refractivity (Wildman–Crippen MR) is 154 cm³/mol. The fraction of sp³-hybridized carbons (Fsp3) is 0.290. The number of aryl methyl sites for hydroxylation is 1. The van der Waals surface area contributed by atoms with Gasteiger partial charge in [0.15, 0.2) is 5.65 Å². The second-order valence-corrected chi connectivity index (χ2v) is 9.26. The van der Waals surface area contributed by atoms with Crippen LogP contribution in [0.3, 0.4) is 0 Å². The minimum absolute atomic E-state index is 0.0771. The Kier molecular flexibility index (Phi) is 10.4. The molecule has 0 radical (unpaired) electrons. The summed E-state index contributed by atoms with van der Waals surface area (Å²) in [6, 6.07) is 13.8. The zero-order valence-electron chi connectivity index (χ0n) is 23.3. The molecule has 2 unspecified atom stereocenters. The van der Waals surface area contributed by atoms with Crippen LogP contribution in [-0.2, 0) is 0 Å². The Labute approximate surface area is 237 Å². The maximum Gasteiger partial charge on any atom is 0.398 e. The van der Waals surface area contributed by atoms with Crippen molar-refractivity contribution in [2.45, 2.75) is 38.8 Å². The van der Waals surface area contributed by atoms with Crippen molar-refractivity contribution >= 4 is 16.9 Å². The molecule has 7 nitrogen and oxygen atoms in total. The van der Waals surface area contributed by atoms with Gasteiger partial charge in [0.05, 0.1) is 17.9 Å². The van der Waals surface area contributed by atoms with Gasteiger partial charge in [-0.25, -0.2) is 15.0 Å². The topological polar surface area (TPSA) is 103 Å². The van der Waals surface area contributed by atoms with Crippen LogP contribution in [0.25, 0.3) is 22.3 Å². The molecule has 41 heavy (non-hydrogen) atoms. The Morgan fingerprint density at radius 1 is 1.20 bits per heavy atom. The highest BCUT2D eigenvalue weighted by Crippen LogP contribution is 2.44. The average Bonchev–Trinajstić information content (AvgIpc) is 3.34. The number of benzene rings is 1. The molecule has 0 saturated heterocycles. The molecule has 1 aromatic carbocycles. The second-order valence-electron chi connectivity index (χ2n) is 9.26. The fourth-order valence-electron chi connectivity index (χ4n) is 4.25. The minimum atomic E-state index is -4.63. The lowest BCUT2D eigenvalue weighted by molar-refractivity contribution is -0.149. The molecule has 4 aromatic rings. The predicted octanol–water partition coefficient (Wildman–Crippen LogP) is 5.79. The molecule has 0 fully saturated rings. The molecule has 0 saturated carbocycles. The molecule has 1 aliphatic rings. The van der Waals surface area contributed by atoms with E-state index in [-0.39, 0.29) is 17.2 Å². The number of terminal acetylenes is 1. The van der Waals surface area contributed by atoms with E-state index in [1.54, 1.807) is 31.3 Å². The molecule has 3 N–H and O–H groups in total. The van der Waals surface area contributed by atoms with Crippen molar-refractivity contribution in [3.8, 4) is 29.4 Å². The van der Waals surface area contributed by atoms with E-state index in [1.165, 1.54) is 19.3 Å². The molecule has 1 aliphatic heterocycles. The van der Waals surface area contributed by atoms with Crippen molar-refractivity contribution in [1.82, 2.24) is 20.3 Å². The van der Waals surface area contributed by atoms with Gasteiger partial charge in [0.2, 0.25) is 0 Å². The van der Waals surface area contributed by atoms with Crippen LogP contribution in [0.5, 0.6) is 5.75 Å². The molecule has 0 bridgehead atoms. The van der Waals surface area contributed by atoms with Gasteiger partial charge in [0.1, 0.15) is 17.4 Å². The number of rotatable bonds is 5. The van der Waals surface area contributed by atoms with Crippen LogP contribution >= 0.6 is 0 Å². The third-order valence-corrected chi connectivity index (χ3v) is 6.29. The van der Waals surface area contributed by atoms with Crippen LogP contribution in [0, 0.1) is 19.3 Å². The zero-order chi connectivity index (χ0) is 30.2. The maximum absolute atomic E-state index is 14.3. The summed E-state index contributed by atoms with van der Waals surface area (Å²) in [7, 11) is 1.50. The molecule has 214 valence electrons. The van der Waals surface area contributed by atoms with Crippen molar-refractivity contribution < 1.29 is 22.7 Å². The highest BCUT2D eigenvalue weighted by Gasteiger charge is 2.43. The van der Waals surface area contributed by atoms with Crippen molar-refractivity contribution in [3.05, 3.63) is 83.3 Å². The molecule has 3 aromatic heterocycles. The van der Waals surface area contributed by atoms with Gasteiger partial charge in [-0.1, -0.05) is 36.8 Å². The molecule has 0 spiro atoms. The lowest BCUT2D eigenvalue weighted by Crippen LogP contribution is -2.35. The van der Waals surface area contributed by atoms with Gasteiger partial charge in [-0.3, -0.25) is 4.79 Å². The summed E-state index contributed by atoms with van der Waals surface area (Å²) in [4.78, 5) is 25.4. The molecule has 2 atom stereocenters. The maximum atomic E-state index is 14.3. The number of amides is 1. The van der Waals surface area contributed by atoms with Crippen LogP contribution in [0.1, 0.15) is 52.9 Å². The number of fused-ring (bicyclic) bond motifs is 2. The van der Waals surface area contributed by atoms with Gasteiger partial charge in [0, 0.05) is 41.4 Å². The lowest BCUT2D eigenvalue weighted by atomic mass is 9.95. The van der Waals surface area contributed by atoms with Crippen molar-refractivity contribution in [2.24, 2.45) is 5.73 Å². The Morgan fingerprint density at radius 2 is 1.88 bits per heavy atom. The van der Waals surface area contributed by atoms with Crippen molar-refractivity contribution in [1.29, 1.82) is 0 Å². The summed E-state index contributed by atoms with van der Waals surface area (Å²) in [5.74, 6) is 0.0283. The third kappa shape index (κ3) is 7.38. The number of hydrogen-bond acceptors (Lipinski definition) is 6. The normalized spacial score (nSPS) is 14.3. The number of pyridine rings is 3. The number of halogens is 3. The van der Waals surface area contributed by atoms with E-state index < -0.39 is 24.5 Å². The van der Waals surface area contributed by atoms with Gasteiger partial charge in [-0.15, -0.1) is 12.3 Å². The third-order valence-electron chi connectivity index (χ3n) is 6.29. The Morgan fingerprint density at radius 3 is 2.54 bits per heavy atom. The van der Waals surface area contributed by atoms with Crippen LogP contribution in [0.2, 0.25) is 0 Å².